The Hall–Kier alpha value is -0.310. The minimum atomic E-state index is -3.64. The van der Waals surface area contributed by atoms with Crippen LogP contribution in [0.4, 0.5) is 8.78 Å². The van der Waals surface area contributed by atoms with E-state index >= 15 is 0 Å². The molecule has 2 aliphatic heterocycles. The van der Waals surface area contributed by atoms with E-state index in [1.54, 1.807) is 0 Å². The van der Waals surface area contributed by atoms with Crippen molar-refractivity contribution < 1.29 is 17.2 Å². The maximum absolute atomic E-state index is 14.0. The highest BCUT2D eigenvalue weighted by molar-refractivity contribution is 7.87. The normalized spacial score (nSPS) is 44.8. The lowest BCUT2D eigenvalue weighted by Crippen LogP contribution is -2.51. The maximum atomic E-state index is 14.0. The van der Waals surface area contributed by atoms with Crippen molar-refractivity contribution in [1.82, 2.24) is 14.3 Å². The van der Waals surface area contributed by atoms with Gasteiger partial charge >= 0.3 is 0 Å². The second-order valence-electron chi connectivity index (χ2n) is 6.97. The summed E-state index contributed by atoms with van der Waals surface area (Å²) in [6.45, 7) is 0.997. The molecule has 0 aromatic heterocycles. The highest BCUT2D eigenvalue weighted by Gasteiger charge is 2.79. The third-order valence-electron chi connectivity index (χ3n) is 5.94. The Kier molecular flexibility index (Phi) is 2.97. The van der Waals surface area contributed by atoms with Gasteiger partial charge in [0.1, 0.15) is 0 Å². The number of rotatable bonds is 4. The number of piperazine rings is 1. The van der Waals surface area contributed by atoms with Gasteiger partial charge in [0, 0.05) is 37.6 Å². The van der Waals surface area contributed by atoms with Crippen LogP contribution in [0.5, 0.6) is 0 Å². The van der Waals surface area contributed by atoms with Gasteiger partial charge in [-0.05, 0) is 19.3 Å². The number of nitrogens with zero attached hydrogens (tertiary/aromatic N) is 1. The van der Waals surface area contributed by atoms with Crippen LogP contribution in [0.1, 0.15) is 32.1 Å². The average molecular weight is 321 g/mol. The molecule has 0 amide bonds. The lowest BCUT2D eigenvalue weighted by atomic mass is 9.88. The topological polar surface area (TPSA) is 61.4 Å². The molecule has 2 N–H and O–H groups in total. The Morgan fingerprint density at radius 3 is 2.76 bits per heavy atom. The molecule has 21 heavy (non-hydrogen) atoms. The monoisotopic (exact) mass is 321 g/mol. The van der Waals surface area contributed by atoms with Gasteiger partial charge in [-0.15, -0.1) is 0 Å². The van der Waals surface area contributed by atoms with Crippen LogP contribution in [-0.2, 0) is 10.2 Å². The smallest absolute Gasteiger partial charge is 0.279 e. The summed E-state index contributed by atoms with van der Waals surface area (Å²) in [4.78, 5) is 0. The highest BCUT2D eigenvalue weighted by Crippen LogP contribution is 2.71. The number of fused-ring (bicyclic) bond motifs is 3. The first kappa shape index (κ1) is 14.3. The van der Waals surface area contributed by atoms with Gasteiger partial charge in [-0.1, -0.05) is 12.8 Å². The Balaban J connectivity index is 1.45. The second kappa shape index (κ2) is 4.37. The van der Waals surface area contributed by atoms with Gasteiger partial charge in [0.05, 0.1) is 5.41 Å². The van der Waals surface area contributed by atoms with E-state index in [9.17, 15) is 17.2 Å². The zero-order valence-electron chi connectivity index (χ0n) is 11.8. The van der Waals surface area contributed by atoms with Crippen LogP contribution in [0.2, 0.25) is 0 Å². The summed E-state index contributed by atoms with van der Waals surface area (Å²) in [5, 5.41) is 3.24. The summed E-state index contributed by atoms with van der Waals surface area (Å²) in [5.41, 5.74) is -1.12. The Bertz CT molecular complexity index is 556. The molecule has 0 radical (unpaired) electrons. The van der Waals surface area contributed by atoms with Crippen molar-refractivity contribution in [2.24, 2.45) is 11.3 Å². The standard InChI is InChI=1S/C13H21F2N3O2S/c14-13(15)11-3-1-2-4-12(11,13)8-17-21(19,20)18-7-9-5-10(18)6-16-9/h9-11,16-17H,1-8H2/t9-,10-,11?,12?/m0/s1. The van der Waals surface area contributed by atoms with Crippen LogP contribution in [0, 0.1) is 11.3 Å². The Labute approximate surface area is 123 Å². The van der Waals surface area contributed by atoms with Crippen molar-refractivity contribution >= 4 is 10.2 Å². The number of hydrogen-bond acceptors (Lipinski definition) is 3. The highest BCUT2D eigenvalue weighted by atomic mass is 32.2. The Morgan fingerprint density at radius 2 is 2.14 bits per heavy atom. The predicted molar refractivity (Wildman–Crippen MR) is 73.2 cm³/mol. The molecular weight excluding hydrogens is 300 g/mol. The fourth-order valence-corrected chi connectivity index (χ4v) is 6.16. The molecule has 5 nitrogen and oxygen atoms in total. The van der Waals surface area contributed by atoms with E-state index in [0.29, 0.717) is 25.9 Å². The van der Waals surface area contributed by atoms with E-state index in [2.05, 4.69) is 10.0 Å². The molecular formula is C13H21F2N3O2S. The summed E-state index contributed by atoms with van der Waals surface area (Å²) in [6, 6.07) is 0.196. The number of alkyl halides is 2. The maximum Gasteiger partial charge on any atom is 0.279 e. The summed E-state index contributed by atoms with van der Waals surface area (Å²) < 4.78 is 56.7. The summed E-state index contributed by atoms with van der Waals surface area (Å²) >= 11 is 0. The molecule has 4 atom stereocenters. The van der Waals surface area contributed by atoms with Crippen LogP contribution in [0.25, 0.3) is 0 Å². The first-order valence-electron chi connectivity index (χ1n) is 7.74. The molecule has 2 heterocycles. The van der Waals surface area contributed by atoms with E-state index < -0.39 is 27.5 Å². The molecule has 0 spiro atoms. The summed E-state index contributed by atoms with van der Waals surface area (Å²) in [5.74, 6) is -3.32. The molecule has 4 fully saturated rings. The molecule has 4 rings (SSSR count). The van der Waals surface area contributed by atoms with Crippen molar-refractivity contribution in [1.29, 1.82) is 0 Å². The third kappa shape index (κ3) is 1.92. The van der Waals surface area contributed by atoms with Crippen molar-refractivity contribution in [2.45, 2.75) is 50.1 Å². The summed E-state index contributed by atoms with van der Waals surface area (Å²) in [7, 11) is -3.64. The lowest BCUT2D eigenvalue weighted by Gasteiger charge is -2.28. The molecule has 0 aromatic carbocycles. The van der Waals surface area contributed by atoms with Crippen molar-refractivity contribution in [3.63, 3.8) is 0 Å². The van der Waals surface area contributed by atoms with Crippen LogP contribution in [-0.4, -0.2) is 50.4 Å². The zero-order valence-corrected chi connectivity index (χ0v) is 12.6. The fourth-order valence-electron chi connectivity index (χ4n) is 4.63. The van der Waals surface area contributed by atoms with Gasteiger partial charge in [-0.2, -0.15) is 12.7 Å². The molecule has 8 heteroatoms. The molecule has 2 saturated carbocycles. The van der Waals surface area contributed by atoms with Gasteiger partial charge in [0.2, 0.25) is 0 Å². The van der Waals surface area contributed by atoms with E-state index in [4.69, 9.17) is 0 Å². The minimum Gasteiger partial charge on any atom is -0.311 e. The molecule has 2 unspecified atom stereocenters. The number of halogens is 2. The van der Waals surface area contributed by atoms with E-state index in [1.807, 2.05) is 0 Å². The SMILES string of the molecule is O=S(=O)(NCC12CCCCC1C2(F)F)N1C[C@@H]2C[C@H]1CN2. The van der Waals surface area contributed by atoms with Crippen molar-refractivity contribution in [3.05, 3.63) is 0 Å². The second-order valence-corrected chi connectivity index (χ2v) is 8.68. The van der Waals surface area contributed by atoms with Gasteiger partial charge in [0.15, 0.2) is 0 Å². The molecule has 0 aromatic rings. The third-order valence-corrected chi connectivity index (χ3v) is 7.51. The van der Waals surface area contributed by atoms with Crippen LogP contribution in [0.15, 0.2) is 0 Å². The van der Waals surface area contributed by atoms with Gasteiger partial charge in [-0.25, -0.2) is 13.5 Å². The first-order chi connectivity index (χ1) is 9.87. The quantitative estimate of drug-likeness (QED) is 0.801. The average Bonchev–Trinajstić information content (AvgIpc) is 2.89. The minimum absolute atomic E-state index is 0.0214. The van der Waals surface area contributed by atoms with Gasteiger partial charge < -0.3 is 5.32 Å². The molecule has 120 valence electrons. The molecule has 2 bridgehead atoms. The van der Waals surface area contributed by atoms with Gasteiger partial charge in [-0.3, -0.25) is 0 Å². The van der Waals surface area contributed by atoms with E-state index in [0.717, 1.165) is 19.3 Å². The van der Waals surface area contributed by atoms with Crippen molar-refractivity contribution in [2.75, 3.05) is 19.6 Å². The molecule has 4 aliphatic rings. The van der Waals surface area contributed by atoms with Crippen molar-refractivity contribution in [3.8, 4) is 0 Å². The fraction of sp³-hybridized carbons (Fsp3) is 1.00. The van der Waals surface area contributed by atoms with Crippen LogP contribution >= 0.6 is 0 Å². The number of hydrogen-bond donors (Lipinski definition) is 2. The van der Waals surface area contributed by atoms with E-state index in [1.165, 1.54) is 4.31 Å². The van der Waals surface area contributed by atoms with Crippen LogP contribution < -0.4 is 10.0 Å². The molecule has 2 aliphatic carbocycles. The predicted octanol–water partition coefficient (Wildman–Crippen LogP) is 0.692. The molecule has 2 saturated heterocycles. The zero-order chi connectivity index (χ0) is 14.9. The largest absolute Gasteiger partial charge is 0.311 e. The lowest BCUT2D eigenvalue weighted by molar-refractivity contribution is 0.0579. The van der Waals surface area contributed by atoms with Gasteiger partial charge in [0.25, 0.3) is 16.1 Å². The van der Waals surface area contributed by atoms with Crippen LogP contribution in [0.3, 0.4) is 0 Å². The summed E-state index contributed by atoms with van der Waals surface area (Å²) in [6.07, 6.45) is 3.38. The first-order valence-corrected chi connectivity index (χ1v) is 9.18. The van der Waals surface area contributed by atoms with E-state index in [-0.39, 0.29) is 18.6 Å². The number of nitrogens with one attached hydrogen (secondary N) is 2. The Morgan fingerprint density at radius 1 is 1.33 bits per heavy atom.